The minimum absolute atomic E-state index is 0.143. The third kappa shape index (κ3) is 7.15. The van der Waals surface area contributed by atoms with Gasteiger partial charge in [0.25, 0.3) is 11.8 Å². The Bertz CT molecular complexity index is 582. The van der Waals surface area contributed by atoms with Crippen LogP contribution < -0.4 is 10.6 Å². The topological polar surface area (TPSA) is 84.5 Å². The zero-order valence-electron chi connectivity index (χ0n) is 15.3. The molecule has 1 aliphatic rings. The largest absolute Gasteiger partial charge is 0.453 e. The predicted octanol–water partition coefficient (Wildman–Crippen LogP) is 2.89. The summed E-state index contributed by atoms with van der Waals surface area (Å²) in [5.41, 5.74) is 0.626. The second-order valence-electron chi connectivity index (χ2n) is 6.75. The minimum atomic E-state index is -0.786. The van der Waals surface area contributed by atoms with Crippen LogP contribution >= 0.6 is 11.3 Å². The zero-order valence-corrected chi connectivity index (χ0v) is 16.1. The van der Waals surface area contributed by atoms with E-state index in [0.29, 0.717) is 31.0 Å². The maximum Gasteiger partial charge on any atom is 0.306 e. The minimum Gasteiger partial charge on any atom is -0.453 e. The quantitative estimate of drug-likeness (QED) is 0.510. The van der Waals surface area contributed by atoms with E-state index in [1.165, 1.54) is 30.6 Å². The molecule has 1 atom stereocenters. The van der Waals surface area contributed by atoms with E-state index < -0.39 is 12.1 Å². The molecule has 144 valence electrons. The van der Waals surface area contributed by atoms with E-state index in [2.05, 4.69) is 10.6 Å². The fraction of sp³-hybridized carbons (Fsp3) is 0.632. The number of thiophene rings is 1. The highest BCUT2D eigenvalue weighted by Crippen LogP contribution is 2.22. The second kappa shape index (κ2) is 11.0. The average Bonchev–Trinajstić information content (AvgIpc) is 3.18. The monoisotopic (exact) mass is 380 g/mol. The molecule has 1 unspecified atom stereocenters. The van der Waals surface area contributed by atoms with Gasteiger partial charge >= 0.3 is 5.97 Å². The maximum absolute atomic E-state index is 12.0. The average molecular weight is 381 g/mol. The van der Waals surface area contributed by atoms with E-state index in [-0.39, 0.29) is 18.2 Å². The van der Waals surface area contributed by atoms with Crippen LogP contribution in [0.3, 0.4) is 0 Å². The molecule has 0 saturated heterocycles. The Hall–Kier alpha value is -1.89. The fourth-order valence-corrected chi connectivity index (χ4v) is 3.66. The summed E-state index contributed by atoms with van der Waals surface area (Å²) in [5, 5.41) is 9.25. The van der Waals surface area contributed by atoms with Crippen molar-refractivity contribution in [3.63, 3.8) is 0 Å². The summed E-state index contributed by atoms with van der Waals surface area (Å²) in [6.45, 7) is 2.65. The summed E-state index contributed by atoms with van der Waals surface area (Å²) in [6.07, 6.45) is 5.92. The van der Waals surface area contributed by atoms with Gasteiger partial charge in [0, 0.05) is 30.5 Å². The van der Waals surface area contributed by atoms with Crippen LogP contribution in [-0.2, 0) is 14.3 Å². The number of esters is 1. The lowest BCUT2D eigenvalue weighted by Crippen LogP contribution is -2.38. The first-order valence-corrected chi connectivity index (χ1v) is 10.3. The highest BCUT2D eigenvalue weighted by Gasteiger charge is 2.20. The molecule has 7 heteroatoms. The van der Waals surface area contributed by atoms with Gasteiger partial charge in [-0.15, -0.1) is 0 Å². The lowest BCUT2D eigenvalue weighted by atomic mass is 9.89. The Morgan fingerprint density at radius 1 is 1.23 bits per heavy atom. The molecule has 2 rings (SSSR count). The summed E-state index contributed by atoms with van der Waals surface area (Å²) in [7, 11) is 0. The third-order valence-corrected chi connectivity index (χ3v) is 5.28. The van der Waals surface area contributed by atoms with Crippen LogP contribution in [0.4, 0.5) is 0 Å². The number of nitrogens with one attached hydrogen (secondary N) is 2. The van der Waals surface area contributed by atoms with Crippen molar-refractivity contribution >= 4 is 29.1 Å². The maximum atomic E-state index is 12.0. The molecule has 1 fully saturated rings. The molecule has 2 amide bonds. The molecule has 26 heavy (non-hydrogen) atoms. The normalized spacial score (nSPS) is 15.9. The molecule has 1 saturated carbocycles. The van der Waals surface area contributed by atoms with Gasteiger partial charge in [-0.1, -0.05) is 19.3 Å². The van der Waals surface area contributed by atoms with Crippen LogP contribution in [0.5, 0.6) is 0 Å². The van der Waals surface area contributed by atoms with Gasteiger partial charge in [-0.25, -0.2) is 0 Å². The number of hydrogen-bond donors (Lipinski definition) is 2. The zero-order chi connectivity index (χ0) is 18.8. The first-order chi connectivity index (χ1) is 12.6. The van der Waals surface area contributed by atoms with E-state index in [9.17, 15) is 14.4 Å². The smallest absolute Gasteiger partial charge is 0.306 e. The summed E-state index contributed by atoms with van der Waals surface area (Å²) in [6, 6.07) is 1.75. The first kappa shape index (κ1) is 20.4. The number of ether oxygens (including phenoxy) is 1. The number of hydrogen-bond acceptors (Lipinski definition) is 5. The van der Waals surface area contributed by atoms with Crippen LogP contribution in [0.1, 0.15) is 62.2 Å². The summed E-state index contributed by atoms with van der Waals surface area (Å²) < 4.78 is 5.17. The number of rotatable bonds is 9. The summed E-state index contributed by atoms with van der Waals surface area (Å²) in [5.74, 6) is -0.262. The summed E-state index contributed by atoms with van der Waals surface area (Å²) in [4.78, 5) is 35.6. The van der Waals surface area contributed by atoms with Crippen molar-refractivity contribution in [3.8, 4) is 0 Å². The lowest BCUT2D eigenvalue weighted by Gasteiger charge is -2.22. The van der Waals surface area contributed by atoms with E-state index >= 15 is 0 Å². The Balaban J connectivity index is 1.56. The molecule has 1 aromatic rings. The van der Waals surface area contributed by atoms with E-state index in [4.69, 9.17) is 4.74 Å². The van der Waals surface area contributed by atoms with Crippen LogP contribution in [0, 0.1) is 5.92 Å². The Kier molecular flexibility index (Phi) is 8.61. The Morgan fingerprint density at radius 2 is 2.00 bits per heavy atom. The second-order valence-corrected chi connectivity index (χ2v) is 7.53. The van der Waals surface area contributed by atoms with Crippen LogP contribution in [0.15, 0.2) is 16.8 Å². The van der Waals surface area contributed by atoms with E-state index in [1.807, 2.05) is 5.38 Å². The molecule has 0 aliphatic heterocycles. The highest BCUT2D eigenvalue weighted by atomic mass is 32.1. The Morgan fingerprint density at radius 3 is 2.69 bits per heavy atom. The number of carbonyl (C=O) groups is 3. The third-order valence-electron chi connectivity index (χ3n) is 4.59. The lowest BCUT2D eigenvalue weighted by molar-refractivity contribution is -0.154. The standard InChI is InChI=1S/C19H28N2O4S/c1-14(18(23)21-12-15-6-3-2-4-7-15)25-17(22)8-5-10-20-19(24)16-9-11-26-13-16/h9,11,13-15H,2-8,10,12H2,1H3,(H,20,24)(H,21,23). The van der Waals surface area contributed by atoms with Gasteiger partial charge < -0.3 is 15.4 Å². The number of carbonyl (C=O) groups excluding carboxylic acids is 3. The van der Waals surface area contributed by atoms with E-state index in [0.717, 1.165) is 12.8 Å². The van der Waals surface area contributed by atoms with E-state index in [1.54, 1.807) is 18.4 Å². The molecule has 1 aliphatic carbocycles. The summed E-state index contributed by atoms with van der Waals surface area (Å²) >= 11 is 1.46. The van der Waals surface area contributed by atoms with Crippen molar-refractivity contribution < 1.29 is 19.1 Å². The molecule has 1 aromatic heterocycles. The van der Waals surface area contributed by atoms with Gasteiger partial charge in [0.15, 0.2) is 6.10 Å². The van der Waals surface area contributed by atoms with Crippen LogP contribution in [0.25, 0.3) is 0 Å². The van der Waals surface area contributed by atoms with Crippen molar-refractivity contribution in [1.82, 2.24) is 10.6 Å². The molecular weight excluding hydrogens is 352 g/mol. The predicted molar refractivity (Wildman–Crippen MR) is 101 cm³/mol. The Labute approximate surface area is 158 Å². The molecule has 6 nitrogen and oxygen atoms in total. The van der Waals surface area contributed by atoms with Crippen molar-refractivity contribution in [1.29, 1.82) is 0 Å². The number of amides is 2. The highest BCUT2D eigenvalue weighted by molar-refractivity contribution is 7.08. The van der Waals surface area contributed by atoms with Crippen molar-refractivity contribution in [2.45, 2.75) is 58.0 Å². The molecule has 0 radical (unpaired) electrons. The van der Waals surface area contributed by atoms with Gasteiger partial charge in [-0.3, -0.25) is 14.4 Å². The van der Waals surface area contributed by atoms with Crippen LogP contribution in [-0.4, -0.2) is 37.0 Å². The molecular formula is C19H28N2O4S. The molecule has 2 N–H and O–H groups in total. The van der Waals surface area contributed by atoms with Gasteiger partial charge in [0.05, 0.1) is 0 Å². The first-order valence-electron chi connectivity index (χ1n) is 9.34. The van der Waals surface area contributed by atoms with Gasteiger partial charge in [-0.05, 0) is 43.6 Å². The van der Waals surface area contributed by atoms with Crippen molar-refractivity contribution in [2.24, 2.45) is 5.92 Å². The molecule has 0 bridgehead atoms. The van der Waals surface area contributed by atoms with Crippen LogP contribution in [0.2, 0.25) is 0 Å². The SMILES string of the molecule is CC(OC(=O)CCCNC(=O)c1ccsc1)C(=O)NCC1CCCCC1. The molecule has 1 heterocycles. The fourth-order valence-electron chi connectivity index (χ4n) is 3.02. The van der Waals surface area contributed by atoms with Gasteiger partial charge in [-0.2, -0.15) is 11.3 Å². The molecule has 0 aromatic carbocycles. The molecule has 0 spiro atoms. The van der Waals surface area contributed by atoms with Crippen molar-refractivity contribution in [3.05, 3.63) is 22.4 Å². The van der Waals surface area contributed by atoms with Gasteiger partial charge in [0.2, 0.25) is 0 Å². The van der Waals surface area contributed by atoms with Gasteiger partial charge in [0.1, 0.15) is 0 Å². The van der Waals surface area contributed by atoms with Crippen molar-refractivity contribution in [2.75, 3.05) is 13.1 Å².